The van der Waals surface area contributed by atoms with Crippen molar-refractivity contribution in [1.82, 2.24) is 5.32 Å². The van der Waals surface area contributed by atoms with Gasteiger partial charge in [0.1, 0.15) is 5.54 Å². The molecule has 0 aromatic carbocycles. The molecule has 1 N–H and O–H groups in total. The molecule has 0 radical (unpaired) electrons. The molecule has 0 rings (SSSR count). The van der Waals surface area contributed by atoms with Gasteiger partial charge in [-0.1, -0.05) is 0 Å². The molecule has 18 heavy (non-hydrogen) atoms. The smallest absolute Gasteiger partial charge is 0.391 e. The van der Waals surface area contributed by atoms with E-state index in [4.69, 9.17) is 4.74 Å². The summed E-state index contributed by atoms with van der Waals surface area (Å²) >= 11 is 0. The van der Waals surface area contributed by atoms with Gasteiger partial charge in [-0.15, -0.1) is 0 Å². The number of likely N-dealkylation sites (N-methyl/N-ethyl adjacent to an activating group) is 1. The maximum absolute atomic E-state index is 11.8. The first-order valence-corrected chi connectivity index (χ1v) is 5.67. The predicted molar refractivity (Wildman–Crippen MR) is 60.2 cm³/mol. The van der Waals surface area contributed by atoms with E-state index in [-0.39, 0.29) is 13.2 Å². The van der Waals surface area contributed by atoms with E-state index in [2.05, 4.69) is 10.1 Å². The monoisotopic (exact) mass is 271 g/mol. The van der Waals surface area contributed by atoms with E-state index in [0.717, 1.165) is 0 Å². The Morgan fingerprint density at radius 1 is 1.22 bits per heavy atom. The van der Waals surface area contributed by atoms with Crippen molar-refractivity contribution in [2.75, 3.05) is 27.4 Å². The van der Waals surface area contributed by atoms with Crippen molar-refractivity contribution in [2.45, 2.75) is 37.9 Å². The Kier molecular flexibility index (Phi) is 7.23. The van der Waals surface area contributed by atoms with Gasteiger partial charge in [0.05, 0.1) is 20.1 Å². The van der Waals surface area contributed by atoms with Crippen LogP contribution in [0.4, 0.5) is 13.2 Å². The summed E-state index contributed by atoms with van der Waals surface area (Å²) in [5, 5.41) is 2.83. The van der Waals surface area contributed by atoms with E-state index >= 15 is 0 Å². The zero-order valence-electron chi connectivity index (χ0n) is 10.9. The molecule has 0 aromatic rings. The summed E-state index contributed by atoms with van der Waals surface area (Å²) in [4.78, 5) is 11.4. The standard InChI is InChI=1S/C11H20F3NO3/c1-10(15-2,9(16)17-3)5-4-7-18-8-6-11(12,13)14/h15H,4-8H2,1-3H3. The lowest BCUT2D eigenvalue weighted by Gasteiger charge is -2.25. The summed E-state index contributed by atoms with van der Waals surface area (Å²) in [6.07, 6.45) is -4.23. The van der Waals surface area contributed by atoms with Crippen LogP contribution >= 0.6 is 0 Å². The molecule has 108 valence electrons. The highest BCUT2D eigenvalue weighted by Gasteiger charge is 2.31. The van der Waals surface area contributed by atoms with Gasteiger partial charge in [-0.25, -0.2) is 0 Å². The van der Waals surface area contributed by atoms with Gasteiger partial charge < -0.3 is 14.8 Å². The second kappa shape index (κ2) is 7.58. The Labute approximate surface area is 105 Å². The molecule has 0 aromatic heterocycles. The Morgan fingerprint density at radius 2 is 1.83 bits per heavy atom. The molecular formula is C11H20F3NO3. The summed E-state index contributed by atoms with van der Waals surface area (Å²) in [5.41, 5.74) is -0.831. The molecule has 0 aliphatic carbocycles. The number of hydrogen-bond donors (Lipinski definition) is 1. The lowest BCUT2D eigenvalue weighted by atomic mass is 9.96. The maximum atomic E-state index is 11.8. The highest BCUT2D eigenvalue weighted by molar-refractivity contribution is 5.80. The second-order valence-corrected chi connectivity index (χ2v) is 4.15. The number of hydrogen-bond acceptors (Lipinski definition) is 4. The number of ether oxygens (including phenoxy) is 2. The molecule has 0 saturated heterocycles. The molecule has 0 aliphatic rings. The Balaban J connectivity index is 3.79. The minimum atomic E-state index is -4.19. The summed E-state index contributed by atoms with van der Waals surface area (Å²) in [7, 11) is 2.92. The highest BCUT2D eigenvalue weighted by Crippen LogP contribution is 2.19. The maximum Gasteiger partial charge on any atom is 0.391 e. The van der Waals surface area contributed by atoms with Crippen molar-refractivity contribution in [3.8, 4) is 0 Å². The van der Waals surface area contributed by atoms with Crippen LogP contribution in [0.2, 0.25) is 0 Å². The van der Waals surface area contributed by atoms with Crippen LogP contribution in [-0.4, -0.2) is 45.1 Å². The SMILES string of the molecule is CNC(C)(CCCOCCC(F)(F)F)C(=O)OC. The molecule has 0 saturated carbocycles. The molecule has 7 heteroatoms. The van der Waals surface area contributed by atoms with Gasteiger partial charge in [0.25, 0.3) is 0 Å². The third kappa shape index (κ3) is 6.80. The van der Waals surface area contributed by atoms with Crippen LogP contribution in [0.1, 0.15) is 26.2 Å². The highest BCUT2D eigenvalue weighted by atomic mass is 19.4. The first-order chi connectivity index (χ1) is 8.25. The number of alkyl halides is 3. The van der Waals surface area contributed by atoms with E-state index in [9.17, 15) is 18.0 Å². The molecule has 1 unspecified atom stereocenters. The van der Waals surface area contributed by atoms with Crippen molar-refractivity contribution in [3.05, 3.63) is 0 Å². The number of carbonyl (C=O) groups excluding carboxylic acids is 1. The first-order valence-electron chi connectivity index (χ1n) is 5.67. The average Bonchev–Trinajstić information content (AvgIpc) is 2.30. The minimum Gasteiger partial charge on any atom is -0.468 e. The van der Waals surface area contributed by atoms with E-state index in [1.807, 2.05) is 0 Å². The molecule has 0 amide bonds. The van der Waals surface area contributed by atoms with Crippen LogP contribution in [-0.2, 0) is 14.3 Å². The Morgan fingerprint density at radius 3 is 2.28 bits per heavy atom. The quantitative estimate of drug-likeness (QED) is 0.541. The minimum absolute atomic E-state index is 0.185. The fourth-order valence-electron chi connectivity index (χ4n) is 1.37. The topological polar surface area (TPSA) is 47.6 Å². The van der Waals surface area contributed by atoms with Crippen LogP contribution < -0.4 is 5.32 Å². The Hall–Kier alpha value is -0.820. The molecule has 0 spiro atoms. The largest absolute Gasteiger partial charge is 0.468 e. The zero-order chi connectivity index (χ0) is 14.2. The summed E-state index contributed by atoms with van der Waals surface area (Å²) < 4.78 is 44.9. The van der Waals surface area contributed by atoms with Crippen molar-refractivity contribution >= 4 is 5.97 Å². The van der Waals surface area contributed by atoms with Crippen molar-refractivity contribution < 1.29 is 27.4 Å². The van der Waals surface area contributed by atoms with Gasteiger partial charge in [-0.05, 0) is 26.8 Å². The molecule has 4 nitrogen and oxygen atoms in total. The zero-order valence-corrected chi connectivity index (χ0v) is 10.9. The van der Waals surface area contributed by atoms with Gasteiger partial charge in [0.15, 0.2) is 0 Å². The fraction of sp³-hybridized carbons (Fsp3) is 0.909. The fourth-order valence-corrected chi connectivity index (χ4v) is 1.37. The normalized spacial score (nSPS) is 15.2. The van der Waals surface area contributed by atoms with Gasteiger partial charge in [-0.2, -0.15) is 13.2 Å². The Bertz CT molecular complexity index is 258. The van der Waals surface area contributed by atoms with E-state index in [1.54, 1.807) is 14.0 Å². The van der Waals surface area contributed by atoms with E-state index in [1.165, 1.54) is 7.11 Å². The van der Waals surface area contributed by atoms with Crippen molar-refractivity contribution in [2.24, 2.45) is 0 Å². The summed E-state index contributed by atoms with van der Waals surface area (Å²) in [6.45, 7) is 1.51. The van der Waals surface area contributed by atoms with Gasteiger partial charge >= 0.3 is 12.1 Å². The van der Waals surface area contributed by atoms with Crippen LogP contribution in [0, 0.1) is 0 Å². The average molecular weight is 271 g/mol. The number of carbonyl (C=O) groups is 1. The number of esters is 1. The lowest BCUT2D eigenvalue weighted by Crippen LogP contribution is -2.48. The van der Waals surface area contributed by atoms with Crippen LogP contribution in [0.25, 0.3) is 0 Å². The number of nitrogens with one attached hydrogen (secondary N) is 1. The van der Waals surface area contributed by atoms with Crippen LogP contribution in [0.5, 0.6) is 0 Å². The van der Waals surface area contributed by atoms with Gasteiger partial charge in [0.2, 0.25) is 0 Å². The molecular weight excluding hydrogens is 251 g/mol. The number of rotatable bonds is 8. The molecule has 0 fully saturated rings. The number of methoxy groups -OCH3 is 1. The third-order valence-electron chi connectivity index (χ3n) is 2.68. The van der Waals surface area contributed by atoms with Crippen molar-refractivity contribution in [1.29, 1.82) is 0 Å². The van der Waals surface area contributed by atoms with Crippen LogP contribution in [0.15, 0.2) is 0 Å². The van der Waals surface area contributed by atoms with Gasteiger partial charge in [0, 0.05) is 6.61 Å². The second-order valence-electron chi connectivity index (χ2n) is 4.15. The molecule has 0 heterocycles. The summed E-state index contributed by atoms with van der Waals surface area (Å²) in [5.74, 6) is -0.403. The van der Waals surface area contributed by atoms with Crippen molar-refractivity contribution in [3.63, 3.8) is 0 Å². The third-order valence-corrected chi connectivity index (χ3v) is 2.68. The number of halogens is 3. The lowest BCUT2D eigenvalue weighted by molar-refractivity contribution is -0.148. The van der Waals surface area contributed by atoms with Gasteiger partial charge in [-0.3, -0.25) is 4.79 Å². The molecule has 1 atom stereocenters. The first kappa shape index (κ1) is 17.2. The van der Waals surface area contributed by atoms with E-state index < -0.39 is 24.1 Å². The summed E-state index contributed by atoms with van der Waals surface area (Å²) in [6, 6.07) is 0. The molecule has 0 bridgehead atoms. The van der Waals surface area contributed by atoms with Crippen LogP contribution in [0.3, 0.4) is 0 Å². The predicted octanol–water partition coefficient (Wildman–Crippen LogP) is 1.89. The molecule has 0 aliphatic heterocycles. The van der Waals surface area contributed by atoms with E-state index in [0.29, 0.717) is 12.8 Å².